The number of carboxylic acid groups (broad SMARTS) is 1. The van der Waals surface area contributed by atoms with Crippen LogP contribution >= 0.6 is 0 Å². The van der Waals surface area contributed by atoms with Gasteiger partial charge in [0.05, 0.1) is 5.56 Å². The summed E-state index contributed by atoms with van der Waals surface area (Å²) in [4.78, 5) is 29.2. The van der Waals surface area contributed by atoms with Gasteiger partial charge in [0.1, 0.15) is 0 Å². The van der Waals surface area contributed by atoms with E-state index in [1.54, 1.807) is 12.1 Å². The molecule has 0 spiro atoms. The largest absolute Gasteiger partial charge is 0.478 e. The van der Waals surface area contributed by atoms with Crippen molar-refractivity contribution >= 4 is 22.8 Å². The molecule has 1 saturated heterocycles. The Kier molecular flexibility index (Phi) is 4.67. The van der Waals surface area contributed by atoms with Crippen molar-refractivity contribution < 1.29 is 14.7 Å². The van der Waals surface area contributed by atoms with Gasteiger partial charge in [0.15, 0.2) is 0 Å². The number of hydrogen-bond donors (Lipinski definition) is 2. The van der Waals surface area contributed by atoms with Crippen LogP contribution in [0.4, 0.5) is 0 Å². The van der Waals surface area contributed by atoms with Crippen molar-refractivity contribution in [1.82, 2.24) is 9.88 Å². The number of carbonyl (C=O) groups excluding carboxylic acids is 1. The van der Waals surface area contributed by atoms with E-state index in [9.17, 15) is 14.7 Å². The molecule has 2 N–H and O–H groups in total. The molecule has 1 fully saturated rings. The lowest BCUT2D eigenvalue weighted by atomic mass is 9.88. The second kappa shape index (κ2) is 7.27. The molecule has 1 aromatic heterocycles. The van der Waals surface area contributed by atoms with E-state index in [2.05, 4.69) is 4.98 Å². The molecule has 0 aliphatic carbocycles. The number of aromatic amines is 1. The number of carbonyl (C=O) groups is 2. The number of likely N-dealkylation sites (tertiary alicyclic amines) is 1. The average molecular weight is 362 g/mol. The van der Waals surface area contributed by atoms with Crippen LogP contribution in [0.1, 0.15) is 39.1 Å². The van der Waals surface area contributed by atoms with Gasteiger partial charge in [-0.05, 0) is 60.4 Å². The van der Waals surface area contributed by atoms with E-state index in [-0.39, 0.29) is 5.91 Å². The molecule has 5 heteroatoms. The Morgan fingerprint density at radius 2 is 1.85 bits per heavy atom. The van der Waals surface area contributed by atoms with Gasteiger partial charge in [-0.15, -0.1) is 0 Å². The van der Waals surface area contributed by atoms with Crippen molar-refractivity contribution in [2.45, 2.75) is 19.3 Å². The first kappa shape index (κ1) is 17.3. The van der Waals surface area contributed by atoms with E-state index in [0.717, 1.165) is 35.7 Å². The number of hydrogen-bond acceptors (Lipinski definition) is 2. The molecule has 27 heavy (non-hydrogen) atoms. The first-order valence-electron chi connectivity index (χ1n) is 9.29. The highest BCUT2D eigenvalue weighted by atomic mass is 16.4. The van der Waals surface area contributed by atoms with Crippen LogP contribution in [0.3, 0.4) is 0 Å². The monoisotopic (exact) mass is 362 g/mol. The van der Waals surface area contributed by atoms with Crippen molar-refractivity contribution in [1.29, 1.82) is 0 Å². The summed E-state index contributed by atoms with van der Waals surface area (Å²) < 4.78 is 0. The number of nitrogens with one attached hydrogen (secondary N) is 1. The second-order valence-electron chi connectivity index (χ2n) is 7.18. The first-order chi connectivity index (χ1) is 13.1. The van der Waals surface area contributed by atoms with Gasteiger partial charge in [-0.1, -0.05) is 24.3 Å². The molecular weight excluding hydrogens is 340 g/mol. The zero-order chi connectivity index (χ0) is 18.8. The Balaban J connectivity index is 1.40. The Morgan fingerprint density at radius 1 is 1.07 bits per heavy atom. The quantitative estimate of drug-likeness (QED) is 0.738. The van der Waals surface area contributed by atoms with Crippen LogP contribution in [0.15, 0.2) is 54.7 Å². The molecule has 5 nitrogen and oxygen atoms in total. The molecule has 3 aromatic rings. The molecule has 0 saturated carbocycles. The molecule has 138 valence electrons. The summed E-state index contributed by atoms with van der Waals surface area (Å²) in [6, 6.07) is 14.9. The van der Waals surface area contributed by atoms with Gasteiger partial charge in [-0.25, -0.2) is 4.79 Å². The summed E-state index contributed by atoms with van der Waals surface area (Å²) in [6.07, 6.45) is 4.41. The number of nitrogens with zero attached hydrogens (tertiary/aromatic N) is 1. The number of benzene rings is 2. The smallest absolute Gasteiger partial charge is 0.335 e. The van der Waals surface area contributed by atoms with Gasteiger partial charge in [0.25, 0.3) is 5.91 Å². The number of amides is 1. The zero-order valence-electron chi connectivity index (χ0n) is 15.0. The highest BCUT2D eigenvalue weighted by Crippen LogP contribution is 2.25. The van der Waals surface area contributed by atoms with E-state index in [1.165, 1.54) is 0 Å². The molecular formula is C22H22N2O3. The van der Waals surface area contributed by atoms with Crippen LogP contribution in [-0.4, -0.2) is 40.0 Å². The standard InChI is InChI=1S/C22H22N2O3/c25-21(18-6-5-16-7-10-23-20(16)14-18)24-11-8-15(9-12-24)13-17-3-1-2-4-19(17)22(26)27/h1-7,10,14-15,23H,8-9,11-13H2,(H,26,27). The van der Waals surface area contributed by atoms with E-state index in [1.807, 2.05) is 47.5 Å². The predicted octanol–water partition coefficient (Wildman–Crippen LogP) is 3.96. The lowest BCUT2D eigenvalue weighted by molar-refractivity contribution is 0.0690. The van der Waals surface area contributed by atoms with Crippen molar-refractivity contribution in [2.24, 2.45) is 5.92 Å². The molecule has 0 unspecified atom stereocenters. The van der Waals surface area contributed by atoms with Crippen LogP contribution in [-0.2, 0) is 6.42 Å². The minimum atomic E-state index is -0.877. The number of H-pyrrole nitrogens is 1. The topological polar surface area (TPSA) is 73.4 Å². The van der Waals surface area contributed by atoms with Crippen molar-refractivity contribution in [2.75, 3.05) is 13.1 Å². The van der Waals surface area contributed by atoms with Crippen LogP contribution in [0.5, 0.6) is 0 Å². The van der Waals surface area contributed by atoms with E-state index in [0.29, 0.717) is 30.1 Å². The molecule has 1 aliphatic heterocycles. The zero-order valence-corrected chi connectivity index (χ0v) is 15.0. The Morgan fingerprint density at radius 3 is 2.63 bits per heavy atom. The highest BCUT2D eigenvalue weighted by Gasteiger charge is 2.25. The van der Waals surface area contributed by atoms with E-state index >= 15 is 0 Å². The molecule has 1 aliphatic rings. The predicted molar refractivity (Wildman–Crippen MR) is 104 cm³/mol. The van der Waals surface area contributed by atoms with Gasteiger partial charge in [-0.3, -0.25) is 4.79 Å². The Hall–Kier alpha value is -3.08. The van der Waals surface area contributed by atoms with E-state index in [4.69, 9.17) is 0 Å². The number of piperidine rings is 1. The van der Waals surface area contributed by atoms with Crippen molar-refractivity contribution in [3.05, 3.63) is 71.4 Å². The maximum absolute atomic E-state index is 12.8. The highest BCUT2D eigenvalue weighted by molar-refractivity contribution is 5.98. The lowest BCUT2D eigenvalue weighted by Gasteiger charge is -2.32. The third kappa shape index (κ3) is 3.58. The first-order valence-corrected chi connectivity index (χ1v) is 9.29. The van der Waals surface area contributed by atoms with Crippen LogP contribution in [0, 0.1) is 5.92 Å². The Labute approximate surface area is 157 Å². The SMILES string of the molecule is O=C(O)c1ccccc1CC1CCN(C(=O)c2ccc3cc[nH]c3c2)CC1. The molecule has 0 bridgehead atoms. The third-order valence-electron chi connectivity index (χ3n) is 5.46. The molecule has 4 rings (SSSR count). The summed E-state index contributed by atoms with van der Waals surface area (Å²) in [5, 5.41) is 10.4. The number of fused-ring (bicyclic) bond motifs is 1. The summed E-state index contributed by atoms with van der Waals surface area (Å²) in [5.74, 6) is -0.408. The van der Waals surface area contributed by atoms with Crippen molar-refractivity contribution in [3.8, 4) is 0 Å². The molecule has 1 amide bonds. The molecule has 0 atom stereocenters. The summed E-state index contributed by atoms with van der Waals surface area (Å²) in [6.45, 7) is 1.42. The average Bonchev–Trinajstić information content (AvgIpc) is 3.16. The summed E-state index contributed by atoms with van der Waals surface area (Å²) >= 11 is 0. The molecule has 2 aromatic carbocycles. The van der Waals surface area contributed by atoms with Crippen molar-refractivity contribution in [3.63, 3.8) is 0 Å². The number of aromatic carboxylic acids is 1. The fourth-order valence-electron chi connectivity index (χ4n) is 3.92. The fourth-order valence-corrected chi connectivity index (χ4v) is 3.92. The number of carboxylic acids is 1. The fraction of sp³-hybridized carbons (Fsp3) is 0.273. The van der Waals surface area contributed by atoms with Gasteiger partial charge in [0, 0.05) is 30.4 Å². The normalized spacial score (nSPS) is 15.2. The summed E-state index contributed by atoms with van der Waals surface area (Å²) in [5.41, 5.74) is 2.95. The maximum Gasteiger partial charge on any atom is 0.335 e. The second-order valence-corrected chi connectivity index (χ2v) is 7.18. The minimum Gasteiger partial charge on any atom is -0.478 e. The van der Waals surface area contributed by atoms with Gasteiger partial charge in [0.2, 0.25) is 0 Å². The maximum atomic E-state index is 12.8. The van der Waals surface area contributed by atoms with Gasteiger partial charge in [-0.2, -0.15) is 0 Å². The number of aromatic nitrogens is 1. The van der Waals surface area contributed by atoms with Gasteiger partial charge < -0.3 is 15.0 Å². The molecule has 2 heterocycles. The van der Waals surface area contributed by atoms with E-state index < -0.39 is 5.97 Å². The summed E-state index contributed by atoms with van der Waals surface area (Å²) in [7, 11) is 0. The minimum absolute atomic E-state index is 0.0656. The van der Waals surface area contributed by atoms with Gasteiger partial charge >= 0.3 is 5.97 Å². The lowest BCUT2D eigenvalue weighted by Crippen LogP contribution is -2.39. The van der Waals surface area contributed by atoms with Crippen LogP contribution in [0.25, 0.3) is 10.9 Å². The Bertz CT molecular complexity index is 984. The van der Waals surface area contributed by atoms with Crippen LogP contribution in [0.2, 0.25) is 0 Å². The third-order valence-corrected chi connectivity index (χ3v) is 5.46. The number of rotatable bonds is 4. The molecule has 0 radical (unpaired) electrons. The van der Waals surface area contributed by atoms with Crippen LogP contribution < -0.4 is 0 Å².